The lowest BCUT2D eigenvalue weighted by atomic mass is 10.0. The Bertz CT molecular complexity index is 343. The molecule has 1 fully saturated rings. The zero-order valence-electron chi connectivity index (χ0n) is 10.6. The van der Waals surface area contributed by atoms with Crippen molar-refractivity contribution in [1.82, 2.24) is 5.32 Å². The predicted octanol–water partition coefficient (Wildman–Crippen LogP) is 4.82. The fraction of sp³-hybridized carbons (Fsp3) is 0.600. The van der Waals surface area contributed by atoms with Crippen LogP contribution in [0.15, 0.2) is 28.7 Å². The zero-order valence-corrected chi connectivity index (χ0v) is 12.2. The third-order valence-electron chi connectivity index (χ3n) is 3.71. The molecule has 0 heterocycles. The van der Waals surface area contributed by atoms with Crippen molar-refractivity contribution in [3.8, 4) is 0 Å². The van der Waals surface area contributed by atoms with Gasteiger partial charge in [-0.3, -0.25) is 0 Å². The second-order valence-electron chi connectivity index (χ2n) is 5.10. The van der Waals surface area contributed by atoms with Crippen molar-refractivity contribution in [2.45, 2.75) is 57.5 Å². The van der Waals surface area contributed by atoms with Gasteiger partial charge in [-0.2, -0.15) is 0 Å². The molecule has 1 saturated carbocycles. The Hall–Kier alpha value is -0.340. The fourth-order valence-electron chi connectivity index (χ4n) is 2.72. The molecular formula is C15H22BrN. The van der Waals surface area contributed by atoms with Crippen LogP contribution in [0, 0.1) is 0 Å². The van der Waals surface area contributed by atoms with E-state index in [0.717, 1.165) is 0 Å². The summed E-state index contributed by atoms with van der Waals surface area (Å²) in [5, 5.41) is 3.79. The van der Waals surface area contributed by atoms with Gasteiger partial charge in [-0.1, -0.05) is 59.8 Å². The maximum atomic E-state index is 3.79. The largest absolute Gasteiger partial charge is 0.307 e. The highest BCUT2D eigenvalue weighted by molar-refractivity contribution is 9.10. The van der Waals surface area contributed by atoms with Gasteiger partial charge >= 0.3 is 0 Å². The van der Waals surface area contributed by atoms with Crippen molar-refractivity contribution in [2.75, 3.05) is 0 Å². The summed E-state index contributed by atoms with van der Waals surface area (Å²) in [6, 6.07) is 9.67. The number of hydrogen-bond donors (Lipinski definition) is 1. The van der Waals surface area contributed by atoms with E-state index in [1.54, 1.807) is 0 Å². The Morgan fingerprint density at radius 1 is 1.12 bits per heavy atom. The second kappa shape index (κ2) is 6.55. The Kier molecular flexibility index (Phi) is 5.05. The molecule has 0 radical (unpaired) electrons. The van der Waals surface area contributed by atoms with E-state index in [-0.39, 0.29) is 0 Å². The molecule has 0 aliphatic heterocycles. The van der Waals surface area contributed by atoms with Crippen molar-refractivity contribution in [3.05, 3.63) is 34.3 Å². The highest BCUT2D eigenvalue weighted by Crippen LogP contribution is 2.25. The van der Waals surface area contributed by atoms with Crippen LogP contribution < -0.4 is 5.32 Å². The molecule has 0 saturated heterocycles. The molecular weight excluding hydrogens is 274 g/mol. The lowest BCUT2D eigenvalue weighted by Gasteiger charge is -2.23. The fourth-order valence-corrected chi connectivity index (χ4v) is 3.34. The van der Waals surface area contributed by atoms with Gasteiger partial charge in [0.1, 0.15) is 0 Å². The molecule has 0 spiro atoms. The highest BCUT2D eigenvalue weighted by atomic mass is 79.9. The zero-order chi connectivity index (χ0) is 12.1. The number of hydrogen-bond acceptors (Lipinski definition) is 1. The summed E-state index contributed by atoms with van der Waals surface area (Å²) in [4.78, 5) is 0. The van der Waals surface area contributed by atoms with E-state index in [4.69, 9.17) is 0 Å². The van der Waals surface area contributed by atoms with Crippen LogP contribution in [0.25, 0.3) is 0 Å². The van der Waals surface area contributed by atoms with Crippen LogP contribution in [0.2, 0.25) is 0 Å². The molecule has 94 valence electrons. The summed E-state index contributed by atoms with van der Waals surface area (Å²) < 4.78 is 1.22. The summed E-state index contributed by atoms with van der Waals surface area (Å²) in [5.74, 6) is 0. The van der Waals surface area contributed by atoms with Crippen LogP contribution in [-0.2, 0) is 0 Å². The van der Waals surface area contributed by atoms with Gasteiger partial charge in [0.25, 0.3) is 0 Å². The third-order valence-corrected chi connectivity index (χ3v) is 4.43. The Balaban J connectivity index is 1.96. The normalized spacial score (nSPS) is 19.9. The predicted molar refractivity (Wildman–Crippen MR) is 77.2 cm³/mol. The Labute approximate surface area is 113 Å². The Morgan fingerprint density at radius 3 is 2.41 bits per heavy atom. The van der Waals surface area contributed by atoms with Crippen molar-refractivity contribution < 1.29 is 0 Å². The van der Waals surface area contributed by atoms with Crippen LogP contribution >= 0.6 is 15.9 Å². The van der Waals surface area contributed by atoms with E-state index >= 15 is 0 Å². The number of benzene rings is 1. The smallest absolute Gasteiger partial charge is 0.0305 e. The molecule has 0 amide bonds. The van der Waals surface area contributed by atoms with Gasteiger partial charge in [-0.15, -0.1) is 0 Å². The van der Waals surface area contributed by atoms with E-state index in [1.165, 1.54) is 48.6 Å². The van der Waals surface area contributed by atoms with Crippen LogP contribution in [-0.4, -0.2) is 6.04 Å². The van der Waals surface area contributed by atoms with Gasteiger partial charge in [0.05, 0.1) is 0 Å². The number of rotatable bonds is 3. The molecule has 1 aromatic carbocycles. The first-order valence-corrected chi connectivity index (χ1v) is 7.57. The maximum absolute atomic E-state index is 3.79. The monoisotopic (exact) mass is 295 g/mol. The van der Waals surface area contributed by atoms with Crippen molar-refractivity contribution >= 4 is 15.9 Å². The van der Waals surface area contributed by atoms with E-state index in [1.807, 2.05) is 0 Å². The van der Waals surface area contributed by atoms with Crippen LogP contribution in [0.4, 0.5) is 0 Å². The average molecular weight is 296 g/mol. The second-order valence-corrected chi connectivity index (χ2v) is 5.95. The molecule has 1 aromatic rings. The van der Waals surface area contributed by atoms with Gasteiger partial charge in [0, 0.05) is 16.6 Å². The molecule has 0 bridgehead atoms. The molecule has 1 atom stereocenters. The molecule has 0 unspecified atom stereocenters. The summed E-state index contributed by atoms with van der Waals surface area (Å²) in [6.45, 7) is 2.27. The van der Waals surface area contributed by atoms with Crippen molar-refractivity contribution in [2.24, 2.45) is 0 Å². The minimum absolute atomic E-state index is 0.439. The van der Waals surface area contributed by atoms with E-state index in [0.29, 0.717) is 12.1 Å². The Morgan fingerprint density at radius 2 is 1.76 bits per heavy atom. The molecule has 1 nitrogen and oxygen atoms in total. The van der Waals surface area contributed by atoms with Gasteiger partial charge in [0.2, 0.25) is 0 Å². The van der Waals surface area contributed by atoms with Crippen LogP contribution in [0.5, 0.6) is 0 Å². The number of halogens is 1. The van der Waals surface area contributed by atoms with Crippen LogP contribution in [0.3, 0.4) is 0 Å². The first kappa shape index (κ1) is 13.1. The van der Waals surface area contributed by atoms with Gasteiger partial charge in [-0.25, -0.2) is 0 Å². The summed E-state index contributed by atoms with van der Waals surface area (Å²) in [5.41, 5.74) is 1.37. The number of nitrogens with one attached hydrogen (secondary N) is 1. The van der Waals surface area contributed by atoms with Gasteiger partial charge in [-0.05, 0) is 31.4 Å². The maximum Gasteiger partial charge on any atom is 0.0305 e. The first-order valence-electron chi connectivity index (χ1n) is 6.78. The lowest BCUT2D eigenvalue weighted by Crippen LogP contribution is -2.31. The van der Waals surface area contributed by atoms with Crippen LogP contribution in [0.1, 0.15) is 57.1 Å². The summed E-state index contributed by atoms with van der Waals surface area (Å²) >= 11 is 3.64. The first-order chi connectivity index (χ1) is 8.27. The standard InChI is InChI=1S/C15H22BrN/c1-12(14-10-6-7-11-15(14)16)17-13-8-4-2-3-5-9-13/h6-7,10-13,17H,2-5,8-9H2,1H3/t12-/m1/s1. The minimum atomic E-state index is 0.439. The topological polar surface area (TPSA) is 12.0 Å². The van der Waals surface area contributed by atoms with E-state index in [2.05, 4.69) is 52.4 Å². The molecule has 2 rings (SSSR count). The molecule has 17 heavy (non-hydrogen) atoms. The van der Waals surface area contributed by atoms with Gasteiger partial charge < -0.3 is 5.32 Å². The van der Waals surface area contributed by atoms with E-state index < -0.39 is 0 Å². The van der Waals surface area contributed by atoms with Crippen molar-refractivity contribution in [3.63, 3.8) is 0 Å². The quantitative estimate of drug-likeness (QED) is 0.788. The van der Waals surface area contributed by atoms with Gasteiger partial charge in [0.15, 0.2) is 0 Å². The summed E-state index contributed by atoms with van der Waals surface area (Å²) in [6.07, 6.45) is 8.30. The lowest BCUT2D eigenvalue weighted by molar-refractivity contribution is 0.413. The third kappa shape index (κ3) is 3.82. The molecule has 1 aliphatic rings. The van der Waals surface area contributed by atoms with E-state index in [9.17, 15) is 0 Å². The van der Waals surface area contributed by atoms with Crippen molar-refractivity contribution in [1.29, 1.82) is 0 Å². The minimum Gasteiger partial charge on any atom is -0.307 e. The highest BCUT2D eigenvalue weighted by Gasteiger charge is 2.16. The molecule has 1 aliphatic carbocycles. The average Bonchev–Trinajstić information content (AvgIpc) is 2.58. The molecule has 1 N–H and O–H groups in total. The molecule has 0 aromatic heterocycles. The summed E-state index contributed by atoms with van der Waals surface area (Å²) in [7, 11) is 0. The SMILES string of the molecule is C[C@@H](NC1CCCCCC1)c1ccccc1Br. The molecule has 2 heteroatoms.